The fraction of sp³-hybridized carbons (Fsp3) is 0.0769. The number of aromatic nitrogens is 1. The molecule has 0 radical (unpaired) electrons. The van der Waals surface area contributed by atoms with Gasteiger partial charge in [-0.05, 0) is 23.8 Å². The summed E-state index contributed by atoms with van der Waals surface area (Å²) in [5.74, 6) is -0.452. The summed E-state index contributed by atoms with van der Waals surface area (Å²) in [5, 5.41) is 0. The minimum Gasteiger partial charge on any atom is -0.389 e. The molecule has 2 aromatic rings. The molecule has 1 aromatic carbocycles. The predicted molar refractivity (Wildman–Crippen MR) is 72.1 cm³/mol. The van der Waals surface area contributed by atoms with E-state index in [1.807, 2.05) is 0 Å². The highest BCUT2D eigenvalue weighted by molar-refractivity contribution is 7.80. The first-order chi connectivity index (χ1) is 8.58. The van der Waals surface area contributed by atoms with Gasteiger partial charge in [0.05, 0.1) is 6.54 Å². The maximum absolute atomic E-state index is 13.4. The molecule has 1 heterocycles. The van der Waals surface area contributed by atoms with Crippen LogP contribution in [0.3, 0.4) is 0 Å². The van der Waals surface area contributed by atoms with Crippen molar-refractivity contribution in [3.05, 3.63) is 69.9 Å². The van der Waals surface area contributed by atoms with Gasteiger partial charge in [0.2, 0.25) is 0 Å². The third kappa shape index (κ3) is 2.62. The molecule has 92 valence electrons. The lowest BCUT2D eigenvalue weighted by molar-refractivity contribution is 0.623. The Kier molecular flexibility index (Phi) is 3.53. The number of nitrogens with two attached hydrogens (primary N) is 1. The van der Waals surface area contributed by atoms with Crippen LogP contribution in [0.2, 0.25) is 0 Å². The molecule has 0 spiro atoms. The van der Waals surface area contributed by atoms with E-state index in [1.165, 1.54) is 16.7 Å². The summed E-state index contributed by atoms with van der Waals surface area (Å²) in [4.78, 5) is 11.6. The van der Waals surface area contributed by atoms with Gasteiger partial charge in [-0.2, -0.15) is 0 Å². The Bertz CT molecular complexity index is 651. The third-order valence-electron chi connectivity index (χ3n) is 2.55. The van der Waals surface area contributed by atoms with Crippen LogP contribution in [-0.2, 0) is 6.54 Å². The van der Waals surface area contributed by atoms with Gasteiger partial charge < -0.3 is 10.3 Å². The lowest BCUT2D eigenvalue weighted by Crippen LogP contribution is -2.19. The van der Waals surface area contributed by atoms with Crippen LogP contribution in [0.15, 0.2) is 47.4 Å². The zero-order chi connectivity index (χ0) is 13.1. The molecule has 2 N–H and O–H groups in total. The van der Waals surface area contributed by atoms with E-state index in [2.05, 4.69) is 0 Å². The maximum Gasteiger partial charge on any atom is 0.250 e. The summed E-state index contributed by atoms with van der Waals surface area (Å²) in [6, 6.07) is 9.38. The van der Waals surface area contributed by atoms with Gasteiger partial charge in [-0.1, -0.05) is 24.4 Å². The lowest BCUT2D eigenvalue weighted by Gasteiger charge is -2.07. The van der Waals surface area contributed by atoms with Crippen LogP contribution in [0.25, 0.3) is 0 Å². The van der Waals surface area contributed by atoms with Crippen molar-refractivity contribution in [1.29, 1.82) is 0 Å². The molecule has 2 rings (SSSR count). The summed E-state index contributed by atoms with van der Waals surface area (Å²) < 4.78 is 14.9. The summed E-state index contributed by atoms with van der Waals surface area (Å²) in [7, 11) is 0. The summed E-state index contributed by atoms with van der Waals surface area (Å²) in [6.45, 7) is 0.357. The van der Waals surface area contributed by atoms with Crippen LogP contribution in [0.4, 0.5) is 4.39 Å². The van der Waals surface area contributed by atoms with Gasteiger partial charge in [-0.3, -0.25) is 4.79 Å². The molecule has 0 aliphatic carbocycles. The molecular weight excluding hydrogens is 251 g/mol. The second-order valence-corrected chi connectivity index (χ2v) is 4.29. The first kappa shape index (κ1) is 12.4. The minimum absolute atomic E-state index is 0.00904. The van der Waals surface area contributed by atoms with Crippen LogP contribution in [0.5, 0.6) is 0 Å². The Labute approximate surface area is 109 Å². The second-order valence-electron chi connectivity index (χ2n) is 3.85. The molecule has 18 heavy (non-hydrogen) atoms. The Morgan fingerprint density at radius 2 is 2.11 bits per heavy atom. The number of hydrogen-bond donors (Lipinski definition) is 1. The molecule has 0 amide bonds. The molecule has 0 unspecified atom stereocenters. The molecule has 0 fully saturated rings. The van der Waals surface area contributed by atoms with Gasteiger partial charge in [-0.15, -0.1) is 0 Å². The lowest BCUT2D eigenvalue weighted by atomic mass is 10.1. The Hall–Kier alpha value is -2.01. The zero-order valence-electron chi connectivity index (χ0n) is 9.47. The largest absolute Gasteiger partial charge is 0.389 e. The van der Waals surface area contributed by atoms with Gasteiger partial charge in [-0.25, -0.2) is 4.39 Å². The number of benzene rings is 1. The van der Waals surface area contributed by atoms with Crippen molar-refractivity contribution in [3.8, 4) is 0 Å². The molecule has 0 bridgehead atoms. The quantitative estimate of drug-likeness (QED) is 0.856. The van der Waals surface area contributed by atoms with E-state index >= 15 is 0 Å². The van der Waals surface area contributed by atoms with Crippen molar-refractivity contribution in [2.24, 2.45) is 5.73 Å². The van der Waals surface area contributed by atoms with Gasteiger partial charge in [0.15, 0.2) is 0 Å². The SMILES string of the molecule is NC(=S)c1cc(Cn2ccccc2=O)ccc1F. The Morgan fingerprint density at radius 1 is 1.33 bits per heavy atom. The molecule has 0 saturated heterocycles. The van der Waals surface area contributed by atoms with Crippen molar-refractivity contribution < 1.29 is 4.39 Å². The molecule has 0 saturated carbocycles. The maximum atomic E-state index is 13.4. The van der Waals surface area contributed by atoms with Gasteiger partial charge in [0.25, 0.3) is 5.56 Å². The van der Waals surface area contributed by atoms with Crippen molar-refractivity contribution >= 4 is 17.2 Å². The van der Waals surface area contributed by atoms with E-state index in [9.17, 15) is 9.18 Å². The highest BCUT2D eigenvalue weighted by Crippen LogP contribution is 2.11. The van der Waals surface area contributed by atoms with Crippen LogP contribution in [-0.4, -0.2) is 9.56 Å². The van der Waals surface area contributed by atoms with E-state index in [0.29, 0.717) is 6.54 Å². The first-order valence-corrected chi connectivity index (χ1v) is 5.72. The molecule has 0 atom stereocenters. The smallest absolute Gasteiger partial charge is 0.250 e. The average Bonchev–Trinajstić information content (AvgIpc) is 2.34. The van der Waals surface area contributed by atoms with Crippen molar-refractivity contribution in [2.75, 3.05) is 0 Å². The fourth-order valence-corrected chi connectivity index (χ4v) is 1.80. The van der Waals surface area contributed by atoms with Crippen molar-refractivity contribution in [2.45, 2.75) is 6.54 Å². The van der Waals surface area contributed by atoms with Crippen LogP contribution in [0, 0.1) is 5.82 Å². The molecule has 3 nitrogen and oxygen atoms in total. The van der Waals surface area contributed by atoms with Gasteiger partial charge in [0, 0.05) is 17.8 Å². The number of nitrogens with zero attached hydrogens (tertiary/aromatic N) is 1. The standard InChI is InChI=1S/C13H11FN2OS/c14-11-5-4-9(7-10(11)13(15)18)8-16-6-2-1-3-12(16)17/h1-7H,8H2,(H2,15,18). The van der Waals surface area contributed by atoms with Gasteiger partial charge >= 0.3 is 0 Å². The number of rotatable bonds is 3. The molecule has 0 aliphatic heterocycles. The van der Waals surface area contributed by atoms with E-state index in [0.717, 1.165) is 5.56 Å². The molecule has 5 heteroatoms. The zero-order valence-corrected chi connectivity index (χ0v) is 10.3. The summed E-state index contributed by atoms with van der Waals surface area (Å²) in [6.07, 6.45) is 1.67. The highest BCUT2D eigenvalue weighted by atomic mass is 32.1. The fourth-order valence-electron chi connectivity index (χ4n) is 1.65. The third-order valence-corrected chi connectivity index (χ3v) is 2.77. The Morgan fingerprint density at radius 3 is 2.78 bits per heavy atom. The van der Waals surface area contributed by atoms with Crippen LogP contribution in [0.1, 0.15) is 11.1 Å². The molecular formula is C13H11FN2OS. The van der Waals surface area contributed by atoms with E-state index < -0.39 is 5.82 Å². The number of halogens is 1. The van der Waals surface area contributed by atoms with E-state index in [1.54, 1.807) is 30.5 Å². The van der Waals surface area contributed by atoms with Gasteiger partial charge in [0.1, 0.15) is 10.8 Å². The highest BCUT2D eigenvalue weighted by Gasteiger charge is 2.06. The summed E-state index contributed by atoms with van der Waals surface area (Å²) >= 11 is 4.77. The van der Waals surface area contributed by atoms with Crippen molar-refractivity contribution in [1.82, 2.24) is 4.57 Å². The normalized spacial score (nSPS) is 10.3. The number of hydrogen-bond acceptors (Lipinski definition) is 2. The monoisotopic (exact) mass is 262 g/mol. The van der Waals surface area contributed by atoms with Crippen LogP contribution >= 0.6 is 12.2 Å². The van der Waals surface area contributed by atoms with E-state index in [4.69, 9.17) is 18.0 Å². The first-order valence-electron chi connectivity index (χ1n) is 5.31. The topological polar surface area (TPSA) is 48.0 Å². The molecule has 1 aromatic heterocycles. The summed E-state index contributed by atoms with van der Waals surface area (Å²) in [5.41, 5.74) is 6.29. The Balaban J connectivity index is 2.36. The minimum atomic E-state index is -0.452. The number of pyridine rings is 1. The predicted octanol–water partition coefficient (Wildman–Crippen LogP) is 1.67. The van der Waals surface area contributed by atoms with Crippen molar-refractivity contribution in [3.63, 3.8) is 0 Å². The van der Waals surface area contributed by atoms with Crippen LogP contribution < -0.4 is 11.3 Å². The van der Waals surface area contributed by atoms with E-state index in [-0.39, 0.29) is 16.1 Å². The number of thiocarbonyl (C=S) groups is 1. The second kappa shape index (κ2) is 5.10. The molecule has 0 aliphatic rings. The average molecular weight is 262 g/mol.